The number of furan rings is 1. The summed E-state index contributed by atoms with van der Waals surface area (Å²) < 4.78 is 17.6. The Morgan fingerprint density at radius 1 is 1.10 bits per heavy atom. The molecule has 5 heteroatoms. The number of carbonyl (C=O) groups excluding carboxylic acids is 1. The number of ether oxygens (including phenoxy) is 2. The monoisotopic (exact) mass is 419 g/mol. The van der Waals surface area contributed by atoms with Crippen LogP contribution in [0.2, 0.25) is 0 Å². The highest BCUT2D eigenvalue weighted by atomic mass is 16.5. The van der Waals surface area contributed by atoms with Crippen molar-refractivity contribution in [1.82, 2.24) is 5.32 Å². The standard InChI is InChI=1S/C26H29NO4/c1-29-23-11-10-17(13-25(23)31-21-7-3-4-8-21)20-12-19(26(28)27-15-20)14-24-22-9-5-2-6-18(22)16-30-24/h2,5-6,9-11,13,16,19-21H,3-4,7-8,12,14-15H2,1H3,(H,27,28)/t19-,20-/m1/s1. The second-order valence-electron chi connectivity index (χ2n) is 8.76. The summed E-state index contributed by atoms with van der Waals surface area (Å²) in [5, 5.41) is 5.28. The third kappa shape index (κ3) is 4.14. The second-order valence-corrected chi connectivity index (χ2v) is 8.76. The Labute approximate surface area is 182 Å². The van der Waals surface area contributed by atoms with Crippen LogP contribution >= 0.6 is 0 Å². The fourth-order valence-electron chi connectivity index (χ4n) is 4.99. The van der Waals surface area contributed by atoms with Crippen LogP contribution in [0.5, 0.6) is 11.5 Å². The summed E-state index contributed by atoms with van der Waals surface area (Å²) in [6, 6.07) is 14.3. The number of carbonyl (C=O) groups is 1. The van der Waals surface area contributed by atoms with Crippen LogP contribution in [0.3, 0.4) is 0 Å². The highest BCUT2D eigenvalue weighted by Crippen LogP contribution is 2.37. The van der Waals surface area contributed by atoms with Gasteiger partial charge in [-0.1, -0.05) is 30.3 Å². The first-order valence-electron chi connectivity index (χ1n) is 11.3. The molecule has 3 aromatic rings. The second kappa shape index (κ2) is 8.66. The molecule has 0 radical (unpaired) electrons. The predicted octanol–water partition coefficient (Wildman–Crippen LogP) is 5.23. The minimum absolute atomic E-state index is 0.104. The molecule has 1 N–H and O–H groups in total. The summed E-state index contributed by atoms with van der Waals surface area (Å²) in [6.07, 6.45) is 8.11. The Kier molecular flexibility index (Phi) is 5.58. The van der Waals surface area contributed by atoms with E-state index in [0.29, 0.717) is 13.0 Å². The average molecular weight is 420 g/mol. The molecule has 31 heavy (non-hydrogen) atoms. The molecule has 0 unspecified atom stereocenters. The van der Waals surface area contributed by atoms with Crippen molar-refractivity contribution in [3.63, 3.8) is 0 Å². The molecule has 2 fully saturated rings. The summed E-state index contributed by atoms with van der Waals surface area (Å²) in [6.45, 7) is 0.642. The molecule has 1 amide bonds. The smallest absolute Gasteiger partial charge is 0.223 e. The number of nitrogens with one attached hydrogen (secondary N) is 1. The van der Waals surface area contributed by atoms with Gasteiger partial charge in [-0.2, -0.15) is 0 Å². The zero-order valence-corrected chi connectivity index (χ0v) is 17.9. The lowest BCUT2D eigenvalue weighted by Crippen LogP contribution is -2.41. The topological polar surface area (TPSA) is 60.7 Å². The zero-order chi connectivity index (χ0) is 21.2. The van der Waals surface area contributed by atoms with Gasteiger partial charge in [0.05, 0.1) is 19.5 Å². The van der Waals surface area contributed by atoms with Crippen LogP contribution in [0, 0.1) is 5.92 Å². The van der Waals surface area contributed by atoms with Crippen molar-refractivity contribution in [2.24, 2.45) is 5.92 Å². The van der Waals surface area contributed by atoms with Gasteiger partial charge < -0.3 is 19.2 Å². The third-order valence-corrected chi connectivity index (χ3v) is 6.74. The van der Waals surface area contributed by atoms with Crippen molar-refractivity contribution in [3.8, 4) is 11.5 Å². The van der Waals surface area contributed by atoms with Gasteiger partial charge >= 0.3 is 0 Å². The molecule has 1 saturated heterocycles. The van der Waals surface area contributed by atoms with Crippen LogP contribution in [0.4, 0.5) is 0 Å². The molecule has 162 valence electrons. The predicted molar refractivity (Wildman–Crippen MR) is 120 cm³/mol. The van der Waals surface area contributed by atoms with Crippen molar-refractivity contribution < 1.29 is 18.7 Å². The number of amides is 1. The lowest BCUT2D eigenvalue weighted by Gasteiger charge is -2.29. The molecule has 2 heterocycles. The summed E-state index contributed by atoms with van der Waals surface area (Å²) >= 11 is 0. The first-order chi connectivity index (χ1) is 15.2. The van der Waals surface area contributed by atoms with Gasteiger partial charge in [-0.15, -0.1) is 0 Å². The number of fused-ring (bicyclic) bond motifs is 1. The van der Waals surface area contributed by atoms with Gasteiger partial charge in [-0.3, -0.25) is 4.79 Å². The van der Waals surface area contributed by atoms with E-state index in [0.717, 1.165) is 47.3 Å². The van der Waals surface area contributed by atoms with E-state index >= 15 is 0 Å². The number of hydrogen-bond donors (Lipinski definition) is 1. The van der Waals surface area contributed by atoms with Crippen LogP contribution in [0.15, 0.2) is 53.1 Å². The summed E-state index contributed by atoms with van der Waals surface area (Å²) in [5.41, 5.74) is 1.18. The Balaban J connectivity index is 1.35. The largest absolute Gasteiger partial charge is 0.493 e. The molecule has 0 spiro atoms. The van der Waals surface area contributed by atoms with Gasteiger partial charge in [-0.05, 0) is 49.8 Å². The van der Waals surface area contributed by atoms with Gasteiger partial charge in [-0.25, -0.2) is 0 Å². The molecule has 1 aliphatic carbocycles. The molecule has 2 aliphatic rings. The van der Waals surface area contributed by atoms with E-state index in [9.17, 15) is 4.79 Å². The Morgan fingerprint density at radius 2 is 1.94 bits per heavy atom. The van der Waals surface area contributed by atoms with Gasteiger partial charge in [0.25, 0.3) is 0 Å². The number of hydrogen-bond acceptors (Lipinski definition) is 4. The van der Waals surface area contributed by atoms with Crippen LogP contribution in [-0.4, -0.2) is 25.7 Å². The Morgan fingerprint density at radius 3 is 2.77 bits per heavy atom. The normalized spacial score (nSPS) is 21.9. The average Bonchev–Trinajstić information content (AvgIpc) is 3.45. The zero-order valence-electron chi connectivity index (χ0n) is 17.9. The van der Waals surface area contributed by atoms with Crippen LogP contribution in [-0.2, 0) is 11.2 Å². The summed E-state index contributed by atoms with van der Waals surface area (Å²) in [5.74, 6) is 2.70. The molecule has 1 saturated carbocycles. The number of benzene rings is 2. The van der Waals surface area contributed by atoms with E-state index in [1.807, 2.05) is 24.3 Å². The van der Waals surface area contributed by atoms with Gasteiger partial charge in [0, 0.05) is 35.6 Å². The van der Waals surface area contributed by atoms with Gasteiger partial charge in [0.1, 0.15) is 5.76 Å². The number of methoxy groups -OCH3 is 1. The lowest BCUT2D eigenvalue weighted by atomic mass is 9.82. The van der Waals surface area contributed by atoms with E-state index in [2.05, 4.69) is 23.5 Å². The third-order valence-electron chi connectivity index (χ3n) is 6.74. The Hall–Kier alpha value is -2.95. The maximum absolute atomic E-state index is 12.6. The van der Waals surface area contributed by atoms with Crippen molar-refractivity contribution >= 4 is 16.7 Å². The molecule has 2 atom stereocenters. The maximum Gasteiger partial charge on any atom is 0.223 e. The lowest BCUT2D eigenvalue weighted by molar-refractivity contribution is -0.127. The quantitative estimate of drug-likeness (QED) is 0.595. The molecular weight excluding hydrogens is 390 g/mol. The molecule has 1 aliphatic heterocycles. The molecule has 2 aromatic carbocycles. The van der Waals surface area contributed by atoms with Crippen molar-refractivity contribution in [2.45, 2.75) is 50.5 Å². The van der Waals surface area contributed by atoms with Crippen molar-refractivity contribution in [1.29, 1.82) is 0 Å². The first-order valence-corrected chi connectivity index (χ1v) is 11.3. The number of piperidine rings is 1. The minimum atomic E-state index is -0.116. The fraction of sp³-hybridized carbons (Fsp3) is 0.423. The highest BCUT2D eigenvalue weighted by molar-refractivity contribution is 5.85. The fourth-order valence-corrected chi connectivity index (χ4v) is 4.99. The molecule has 5 rings (SSSR count). The molecular formula is C26H29NO4. The van der Waals surface area contributed by atoms with E-state index in [1.54, 1.807) is 13.4 Å². The van der Waals surface area contributed by atoms with E-state index < -0.39 is 0 Å². The summed E-state index contributed by atoms with van der Waals surface area (Å²) in [7, 11) is 1.68. The maximum atomic E-state index is 12.6. The number of rotatable bonds is 6. The highest BCUT2D eigenvalue weighted by Gasteiger charge is 2.31. The minimum Gasteiger partial charge on any atom is -0.493 e. The summed E-state index contributed by atoms with van der Waals surface area (Å²) in [4.78, 5) is 12.6. The Bertz CT molecular complexity index is 1070. The van der Waals surface area contributed by atoms with E-state index in [1.165, 1.54) is 18.4 Å². The molecule has 5 nitrogen and oxygen atoms in total. The first kappa shape index (κ1) is 20.0. The van der Waals surface area contributed by atoms with Gasteiger partial charge in [0.15, 0.2) is 11.5 Å². The van der Waals surface area contributed by atoms with E-state index in [-0.39, 0.29) is 23.8 Å². The van der Waals surface area contributed by atoms with Gasteiger partial charge in [0.2, 0.25) is 5.91 Å². The molecule has 0 bridgehead atoms. The van der Waals surface area contributed by atoms with Crippen molar-refractivity contribution in [2.75, 3.05) is 13.7 Å². The van der Waals surface area contributed by atoms with Crippen LogP contribution in [0.25, 0.3) is 10.8 Å². The van der Waals surface area contributed by atoms with E-state index in [4.69, 9.17) is 13.9 Å². The SMILES string of the molecule is COc1ccc([C@H]2CNC(=O)[C@@H](Cc3occ4ccccc34)C2)cc1OC1CCCC1. The van der Waals surface area contributed by atoms with Crippen molar-refractivity contribution in [3.05, 3.63) is 60.1 Å². The molecule has 1 aromatic heterocycles. The van der Waals surface area contributed by atoms with Crippen LogP contribution in [0.1, 0.15) is 49.3 Å². The van der Waals surface area contributed by atoms with Crippen LogP contribution < -0.4 is 14.8 Å².